The SMILES string of the molecule is CCCCCCC[CH2][Sn][CH2]CCCCCCC.O=C(O)C=CC(=O)O. The molecule has 0 fully saturated rings. The van der Waals surface area contributed by atoms with Gasteiger partial charge in [0.2, 0.25) is 0 Å². The fourth-order valence-electron chi connectivity index (χ4n) is 2.33. The van der Waals surface area contributed by atoms with Gasteiger partial charge >= 0.3 is 133 Å². The molecule has 0 atom stereocenters. The molecule has 0 aliphatic rings. The van der Waals surface area contributed by atoms with E-state index in [2.05, 4.69) is 13.8 Å². The van der Waals surface area contributed by atoms with E-state index in [1.807, 2.05) is 0 Å². The van der Waals surface area contributed by atoms with Crippen molar-refractivity contribution in [3.05, 3.63) is 12.2 Å². The standard InChI is InChI=1S/2C8H17.C4H4O4.Sn/c2*1-3-5-7-8-6-4-2;5-3(6)1-2-4(7)8;/h2*1,3-8H2,2H3;1-2H,(H,5,6)(H,7,8);. The van der Waals surface area contributed by atoms with Gasteiger partial charge in [-0.2, -0.15) is 0 Å². The number of carboxylic acid groups (broad SMARTS) is 2. The second kappa shape index (κ2) is 23.5. The van der Waals surface area contributed by atoms with E-state index in [0.717, 1.165) is 0 Å². The maximum absolute atomic E-state index is 9.55. The number of aliphatic carboxylic acids is 2. The van der Waals surface area contributed by atoms with Gasteiger partial charge in [0.05, 0.1) is 0 Å². The van der Waals surface area contributed by atoms with Gasteiger partial charge in [-0.3, -0.25) is 0 Å². The van der Waals surface area contributed by atoms with Crippen LogP contribution >= 0.6 is 0 Å². The van der Waals surface area contributed by atoms with Crippen LogP contribution in [0.4, 0.5) is 0 Å². The van der Waals surface area contributed by atoms with E-state index in [9.17, 15) is 9.59 Å². The zero-order chi connectivity index (χ0) is 19.2. The molecule has 2 N–H and O–H groups in total. The van der Waals surface area contributed by atoms with Gasteiger partial charge in [0.15, 0.2) is 0 Å². The van der Waals surface area contributed by atoms with Crippen molar-refractivity contribution in [3.8, 4) is 0 Å². The summed E-state index contributed by atoms with van der Waals surface area (Å²) < 4.78 is 3.31. The van der Waals surface area contributed by atoms with Crippen LogP contribution in [0.25, 0.3) is 0 Å². The normalized spacial score (nSPS) is 10.5. The number of carbonyl (C=O) groups is 2. The Morgan fingerprint density at radius 3 is 1.28 bits per heavy atom. The summed E-state index contributed by atoms with van der Waals surface area (Å²) >= 11 is 0.0736. The topological polar surface area (TPSA) is 74.6 Å². The van der Waals surface area contributed by atoms with E-state index in [-0.39, 0.29) is 21.1 Å². The van der Waals surface area contributed by atoms with Crippen molar-refractivity contribution >= 4 is 33.1 Å². The quantitative estimate of drug-likeness (QED) is 0.169. The molecular weight excluding hydrogens is 423 g/mol. The maximum atomic E-state index is 9.55. The number of hydrogen-bond donors (Lipinski definition) is 2. The molecule has 0 aromatic carbocycles. The van der Waals surface area contributed by atoms with Crippen LogP contribution in [0, 0.1) is 0 Å². The van der Waals surface area contributed by atoms with E-state index in [1.54, 1.807) is 21.7 Å². The Balaban J connectivity index is 0. The minimum Gasteiger partial charge on any atom is -0.478 e. The van der Waals surface area contributed by atoms with Crippen LogP contribution in [0.3, 0.4) is 0 Å². The first kappa shape index (κ1) is 26.7. The van der Waals surface area contributed by atoms with Crippen molar-refractivity contribution in [2.75, 3.05) is 0 Å². The van der Waals surface area contributed by atoms with Crippen molar-refractivity contribution < 1.29 is 19.8 Å². The van der Waals surface area contributed by atoms with Crippen LogP contribution in [0.2, 0.25) is 8.87 Å². The molecule has 0 rings (SSSR count). The van der Waals surface area contributed by atoms with Crippen LogP contribution in [0.15, 0.2) is 12.2 Å². The number of carboxylic acids is 2. The average molecular weight is 461 g/mol. The molecule has 0 heterocycles. The largest absolute Gasteiger partial charge is 0.478 e. The monoisotopic (exact) mass is 462 g/mol. The van der Waals surface area contributed by atoms with Gasteiger partial charge in [0, 0.05) is 12.2 Å². The van der Waals surface area contributed by atoms with Crippen LogP contribution in [0.1, 0.15) is 90.9 Å². The molecule has 25 heavy (non-hydrogen) atoms. The number of hydrogen-bond acceptors (Lipinski definition) is 2. The van der Waals surface area contributed by atoms with E-state index in [1.165, 1.54) is 64.2 Å². The van der Waals surface area contributed by atoms with Gasteiger partial charge in [0.25, 0.3) is 0 Å². The Bertz CT molecular complexity index is 300. The van der Waals surface area contributed by atoms with E-state index in [0.29, 0.717) is 12.2 Å². The zero-order valence-electron chi connectivity index (χ0n) is 16.3. The van der Waals surface area contributed by atoms with E-state index >= 15 is 0 Å². The van der Waals surface area contributed by atoms with Crippen molar-refractivity contribution in [2.24, 2.45) is 0 Å². The summed E-state index contributed by atoms with van der Waals surface area (Å²) in [5.41, 5.74) is 0. The molecule has 0 aromatic heterocycles. The van der Waals surface area contributed by atoms with Crippen LogP contribution in [-0.2, 0) is 9.59 Å². The molecule has 0 aromatic rings. The molecular formula is C20H38O4Sn. The molecule has 0 spiro atoms. The summed E-state index contributed by atoms with van der Waals surface area (Å²) in [5.74, 6) is -2.51. The van der Waals surface area contributed by atoms with Crippen molar-refractivity contribution in [2.45, 2.75) is 99.8 Å². The van der Waals surface area contributed by atoms with Crippen molar-refractivity contribution in [1.82, 2.24) is 0 Å². The Morgan fingerprint density at radius 1 is 0.640 bits per heavy atom. The van der Waals surface area contributed by atoms with Gasteiger partial charge in [-0.1, -0.05) is 0 Å². The molecule has 2 radical (unpaired) electrons. The number of unbranched alkanes of at least 4 members (excludes halogenated alkanes) is 10. The van der Waals surface area contributed by atoms with Crippen LogP contribution in [-0.4, -0.2) is 43.3 Å². The van der Waals surface area contributed by atoms with Gasteiger partial charge in [-0.25, -0.2) is 9.59 Å². The van der Waals surface area contributed by atoms with E-state index in [4.69, 9.17) is 10.2 Å². The first-order valence-corrected chi connectivity index (χ1v) is 13.9. The third-order valence-corrected chi connectivity index (χ3v) is 7.82. The smallest absolute Gasteiger partial charge is 0.328 e. The summed E-state index contributed by atoms with van der Waals surface area (Å²) in [6.07, 6.45) is 18.9. The van der Waals surface area contributed by atoms with E-state index < -0.39 is 11.9 Å². The predicted octanol–water partition coefficient (Wildman–Crippen LogP) is 5.96. The van der Waals surface area contributed by atoms with Crippen molar-refractivity contribution in [1.29, 1.82) is 0 Å². The first-order valence-electron chi connectivity index (χ1n) is 9.89. The Kier molecular flexibility index (Phi) is 25.1. The number of rotatable bonds is 16. The molecule has 146 valence electrons. The first-order chi connectivity index (χ1) is 12.0. The Hall–Kier alpha value is -0.521. The molecule has 0 aliphatic heterocycles. The fourth-order valence-corrected chi connectivity index (χ4v) is 5.90. The fraction of sp³-hybridized carbons (Fsp3) is 0.800. The minimum absolute atomic E-state index is 0.0736. The van der Waals surface area contributed by atoms with Crippen LogP contribution < -0.4 is 0 Å². The summed E-state index contributed by atoms with van der Waals surface area (Å²) in [4.78, 5) is 19.1. The summed E-state index contributed by atoms with van der Waals surface area (Å²) in [5, 5.41) is 15.6. The molecule has 0 unspecified atom stereocenters. The molecule has 5 heteroatoms. The predicted molar refractivity (Wildman–Crippen MR) is 107 cm³/mol. The van der Waals surface area contributed by atoms with Gasteiger partial charge in [-0.05, 0) is 0 Å². The summed E-state index contributed by atoms with van der Waals surface area (Å²) in [7, 11) is 0. The van der Waals surface area contributed by atoms with Crippen LogP contribution in [0.5, 0.6) is 0 Å². The van der Waals surface area contributed by atoms with Gasteiger partial charge in [0.1, 0.15) is 0 Å². The maximum Gasteiger partial charge on any atom is 0.328 e. The molecule has 0 saturated carbocycles. The summed E-state index contributed by atoms with van der Waals surface area (Å²) in [6.45, 7) is 4.60. The molecule has 0 bridgehead atoms. The molecule has 0 saturated heterocycles. The molecule has 4 nitrogen and oxygen atoms in total. The molecule has 0 aliphatic carbocycles. The zero-order valence-corrected chi connectivity index (χ0v) is 19.1. The van der Waals surface area contributed by atoms with Crippen molar-refractivity contribution in [3.63, 3.8) is 0 Å². The Morgan fingerprint density at radius 2 is 0.960 bits per heavy atom. The van der Waals surface area contributed by atoms with Gasteiger partial charge in [-0.15, -0.1) is 0 Å². The summed E-state index contributed by atoms with van der Waals surface area (Å²) in [6, 6.07) is 0. The third kappa shape index (κ3) is 31.7. The minimum atomic E-state index is -1.26. The van der Waals surface area contributed by atoms with Gasteiger partial charge < -0.3 is 10.2 Å². The third-order valence-electron chi connectivity index (χ3n) is 3.78. The average Bonchev–Trinajstić information content (AvgIpc) is 2.58. The molecule has 0 amide bonds. The second-order valence-corrected chi connectivity index (χ2v) is 10.6. The second-order valence-electron chi connectivity index (χ2n) is 6.30. The Labute approximate surface area is 164 Å².